The number of carboxylic acids is 1. The second kappa shape index (κ2) is 2.53. The first-order valence-corrected chi connectivity index (χ1v) is 3.95. The lowest BCUT2D eigenvalue weighted by Gasteiger charge is -2.21. The Hall–Kier alpha value is -1.42. The van der Waals surface area contributed by atoms with Crippen LogP contribution >= 0.6 is 11.6 Å². The fraction of sp³-hybridized carbons (Fsp3) is 0.125. The summed E-state index contributed by atoms with van der Waals surface area (Å²) in [4.78, 5) is 17.1. The van der Waals surface area contributed by atoms with E-state index in [1.54, 1.807) is 6.08 Å². The number of alkyl halides is 1. The van der Waals surface area contributed by atoms with Gasteiger partial charge >= 0.3 is 5.97 Å². The van der Waals surface area contributed by atoms with Gasteiger partial charge in [-0.1, -0.05) is 11.6 Å². The van der Waals surface area contributed by atoms with Crippen LogP contribution in [0.15, 0.2) is 33.9 Å². The first-order chi connectivity index (χ1) is 6.14. The molecule has 13 heavy (non-hydrogen) atoms. The maximum Gasteiger partial charge on any atom is 0.333 e. The molecule has 0 amide bonds. The Morgan fingerprint density at radius 1 is 1.62 bits per heavy atom. The molecule has 0 aromatic heterocycles. The smallest absolute Gasteiger partial charge is 0.333 e. The Balaban J connectivity index is 2.52. The van der Waals surface area contributed by atoms with Gasteiger partial charge in [0.25, 0.3) is 0 Å². The second-order valence-electron chi connectivity index (χ2n) is 2.64. The van der Waals surface area contributed by atoms with Crippen LogP contribution < -0.4 is 0 Å². The van der Waals surface area contributed by atoms with E-state index in [2.05, 4.69) is 9.98 Å². The van der Waals surface area contributed by atoms with Gasteiger partial charge in [0.15, 0.2) is 10.7 Å². The van der Waals surface area contributed by atoms with Crippen LogP contribution in [0.25, 0.3) is 0 Å². The van der Waals surface area contributed by atoms with Gasteiger partial charge in [-0.05, 0) is 12.2 Å². The number of carbonyl (C=O) groups is 1. The molecule has 2 heterocycles. The summed E-state index contributed by atoms with van der Waals surface area (Å²) in [5.74, 6) is -0.741. The molecule has 2 aliphatic heterocycles. The van der Waals surface area contributed by atoms with Crippen molar-refractivity contribution in [3.05, 3.63) is 23.9 Å². The first-order valence-electron chi connectivity index (χ1n) is 3.57. The Bertz CT molecular complexity index is 395. The monoisotopic (exact) mass is 196 g/mol. The highest BCUT2D eigenvalue weighted by Gasteiger charge is 2.42. The fourth-order valence-electron chi connectivity index (χ4n) is 1.20. The van der Waals surface area contributed by atoms with Crippen molar-refractivity contribution in [2.24, 2.45) is 9.98 Å². The summed E-state index contributed by atoms with van der Waals surface area (Å²) in [5, 5.41) is 8.91. The van der Waals surface area contributed by atoms with Crippen LogP contribution in [-0.2, 0) is 4.79 Å². The van der Waals surface area contributed by atoms with Gasteiger partial charge in [-0.3, -0.25) is 0 Å². The molecule has 0 aliphatic carbocycles. The van der Waals surface area contributed by atoms with E-state index in [1.807, 2.05) is 0 Å². The minimum absolute atomic E-state index is 0.375. The SMILES string of the molecule is O=C(O)C1(Cl)C=CN=C2N=CC=C21. The van der Waals surface area contributed by atoms with Crippen molar-refractivity contribution in [1.82, 2.24) is 0 Å². The number of rotatable bonds is 1. The van der Waals surface area contributed by atoms with Crippen LogP contribution in [0.4, 0.5) is 0 Å². The molecule has 1 unspecified atom stereocenters. The number of fused-ring (bicyclic) bond motifs is 1. The number of aliphatic carboxylic acids is 1. The molecule has 0 fully saturated rings. The number of halogens is 1. The lowest BCUT2D eigenvalue weighted by atomic mass is 9.96. The van der Waals surface area contributed by atoms with E-state index in [-0.39, 0.29) is 0 Å². The van der Waals surface area contributed by atoms with Crippen LogP contribution in [-0.4, -0.2) is 28.0 Å². The van der Waals surface area contributed by atoms with Gasteiger partial charge in [0.2, 0.25) is 0 Å². The summed E-state index contributed by atoms with van der Waals surface area (Å²) >= 11 is 5.90. The van der Waals surface area contributed by atoms with Crippen LogP contribution in [0.1, 0.15) is 0 Å². The molecule has 2 rings (SSSR count). The molecule has 0 aromatic rings. The molecule has 4 nitrogen and oxygen atoms in total. The number of allylic oxidation sites excluding steroid dienone is 1. The zero-order valence-electron chi connectivity index (χ0n) is 6.44. The van der Waals surface area contributed by atoms with Crippen molar-refractivity contribution >= 4 is 29.6 Å². The molecule has 0 saturated heterocycles. The first kappa shape index (κ1) is 8.19. The van der Waals surface area contributed by atoms with Crippen molar-refractivity contribution < 1.29 is 9.90 Å². The maximum absolute atomic E-state index is 10.9. The molecule has 5 heteroatoms. The quantitative estimate of drug-likeness (QED) is 0.636. The average molecular weight is 197 g/mol. The van der Waals surface area contributed by atoms with Crippen LogP contribution in [0.2, 0.25) is 0 Å². The summed E-state index contributed by atoms with van der Waals surface area (Å²) in [6, 6.07) is 0. The van der Waals surface area contributed by atoms with Crippen molar-refractivity contribution in [2.45, 2.75) is 4.87 Å². The highest BCUT2D eigenvalue weighted by Crippen LogP contribution is 2.33. The Morgan fingerprint density at radius 2 is 2.38 bits per heavy atom. The van der Waals surface area contributed by atoms with Crippen LogP contribution in [0, 0.1) is 0 Å². The average Bonchev–Trinajstić information content (AvgIpc) is 2.53. The van der Waals surface area contributed by atoms with Gasteiger partial charge in [0.1, 0.15) is 0 Å². The number of hydrogen-bond acceptors (Lipinski definition) is 3. The summed E-state index contributed by atoms with van der Waals surface area (Å²) < 4.78 is 0. The fourth-order valence-corrected chi connectivity index (χ4v) is 1.40. The van der Waals surface area contributed by atoms with Crippen LogP contribution in [0.3, 0.4) is 0 Å². The molecule has 66 valence electrons. The summed E-state index contributed by atoms with van der Waals surface area (Å²) in [7, 11) is 0. The van der Waals surface area contributed by atoms with E-state index in [9.17, 15) is 4.79 Å². The molecule has 0 saturated carbocycles. The highest BCUT2D eigenvalue weighted by atomic mass is 35.5. The molecule has 0 aromatic carbocycles. The topological polar surface area (TPSA) is 62.0 Å². The van der Waals surface area contributed by atoms with Gasteiger partial charge in [0, 0.05) is 18.0 Å². The lowest BCUT2D eigenvalue weighted by molar-refractivity contribution is -0.137. The molecule has 1 N–H and O–H groups in total. The second-order valence-corrected chi connectivity index (χ2v) is 3.24. The Kier molecular flexibility index (Phi) is 1.60. The standard InChI is InChI=1S/C8H5ClN2O2/c9-8(7(12)13)2-4-11-6-5(8)1-3-10-6/h1-4H,(H,12,13). The molecule has 1 atom stereocenters. The van der Waals surface area contributed by atoms with Crippen molar-refractivity contribution in [2.75, 3.05) is 0 Å². The molecular weight excluding hydrogens is 192 g/mol. The Morgan fingerprint density at radius 3 is 3.08 bits per heavy atom. The van der Waals surface area contributed by atoms with Gasteiger partial charge in [-0.2, -0.15) is 0 Å². The number of hydrogen-bond donors (Lipinski definition) is 1. The zero-order valence-corrected chi connectivity index (χ0v) is 7.19. The molecule has 0 bridgehead atoms. The van der Waals surface area contributed by atoms with Crippen LogP contribution in [0.5, 0.6) is 0 Å². The lowest BCUT2D eigenvalue weighted by Crippen LogP contribution is -2.36. The predicted octanol–water partition coefficient (Wildman–Crippen LogP) is 0.985. The third kappa shape index (κ3) is 1.02. The van der Waals surface area contributed by atoms with E-state index >= 15 is 0 Å². The molecule has 0 spiro atoms. The van der Waals surface area contributed by atoms with Gasteiger partial charge in [0.05, 0.1) is 0 Å². The van der Waals surface area contributed by atoms with Crippen molar-refractivity contribution in [3.8, 4) is 0 Å². The number of aliphatic imine (C=N–C) groups is 2. The zero-order chi connectivity index (χ0) is 9.47. The number of nitrogens with zero attached hydrogens (tertiary/aromatic N) is 2. The summed E-state index contributed by atoms with van der Waals surface area (Å²) in [5.41, 5.74) is 0.421. The van der Waals surface area contributed by atoms with E-state index in [0.29, 0.717) is 11.4 Å². The van der Waals surface area contributed by atoms with Gasteiger partial charge < -0.3 is 5.11 Å². The number of carboxylic acid groups (broad SMARTS) is 1. The maximum atomic E-state index is 10.9. The van der Waals surface area contributed by atoms with E-state index < -0.39 is 10.8 Å². The summed E-state index contributed by atoms with van der Waals surface area (Å²) in [6.07, 6.45) is 5.74. The largest absolute Gasteiger partial charge is 0.479 e. The Labute approximate surface area is 79.0 Å². The molecular formula is C8H5ClN2O2. The van der Waals surface area contributed by atoms with Gasteiger partial charge in [-0.15, -0.1) is 0 Å². The molecule has 2 aliphatic rings. The van der Waals surface area contributed by atoms with Gasteiger partial charge in [-0.25, -0.2) is 14.8 Å². The third-order valence-electron chi connectivity index (χ3n) is 1.88. The minimum Gasteiger partial charge on any atom is -0.479 e. The van der Waals surface area contributed by atoms with Crippen molar-refractivity contribution in [3.63, 3.8) is 0 Å². The normalized spacial score (nSPS) is 29.6. The van der Waals surface area contributed by atoms with E-state index in [1.165, 1.54) is 18.5 Å². The predicted molar refractivity (Wildman–Crippen MR) is 49.4 cm³/mol. The van der Waals surface area contributed by atoms with E-state index in [4.69, 9.17) is 16.7 Å². The third-order valence-corrected chi connectivity index (χ3v) is 2.37. The number of amidine groups is 1. The van der Waals surface area contributed by atoms with Crippen molar-refractivity contribution in [1.29, 1.82) is 0 Å². The molecule has 0 radical (unpaired) electrons. The van der Waals surface area contributed by atoms with E-state index in [0.717, 1.165) is 0 Å². The highest BCUT2D eigenvalue weighted by molar-refractivity contribution is 6.42. The summed E-state index contributed by atoms with van der Waals surface area (Å²) in [6.45, 7) is 0. The minimum atomic E-state index is -1.51.